The number of esters is 1. The number of hydrogen-bond acceptors (Lipinski definition) is 3. The van der Waals surface area contributed by atoms with Gasteiger partial charge in [-0.2, -0.15) is 5.47 Å². The van der Waals surface area contributed by atoms with Crippen LogP contribution in [0.25, 0.3) is 5.57 Å². The van der Waals surface area contributed by atoms with Gasteiger partial charge in [-0.05, 0) is 19.9 Å². The number of para-hydroxylation sites is 1. The summed E-state index contributed by atoms with van der Waals surface area (Å²) in [7, 11) is 4.95. The Morgan fingerprint density at radius 1 is 1.29 bits per heavy atom. The standard InChI is InChI=1S/C18H23BN2O3/c1-18(2)15(19-17-20(3)10-11-21(17)4)14(16(22)24-18)12-8-6-7-9-13(12)23-5/h6-11H,19H2,1-5H3. The van der Waals surface area contributed by atoms with Crippen LogP contribution < -0.4 is 15.0 Å². The first-order valence-corrected chi connectivity index (χ1v) is 8.24. The van der Waals surface area contributed by atoms with Crippen LogP contribution in [-0.2, 0) is 23.6 Å². The number of benzene rings is 1. The second-order valence-corrected chi connectivity index (χ2v) is 6.92. The van der Waals surface area contributed by atoms with Crippen LogP contribution in [0.3, 0.4) is 0 Å². The molecule has 5 nitrogen and oxygen atoms in total. The Morgan fingerprint density at radius 2 is 2.00 bits per heavy atom. The molecule has 1 aromatic heterocycles. The van der Waals surface area contributed by atoms with Crippen molar-refractivity contribution in [2.75, 3.05) is 7.11 Å². The van der Waals surface area contributed by atoms with Crippen LogP contribution in [0.1, 0.15) is 19.4 Å². The molecule has 0 spiro atoms. The number of methoxy groups -OCH3 is 1. The van der Waals surface area contributed by atoms with E-state index in [0.29, 0.717) is 11.3 Å². The Morgan fingerprint density at radius 3 is 2.62 bits per heavy atom. The second-order valence-electron chi connectivity index (χ2n) is 6.92. The Bertz CT molecular complexity index is 817. The van der Waals surface area contributed by atoms with Crippen LogP contribution in [0.2, 0.25) is 0 Å². The molecule has 24 heavy (non-hydrogen) atoms. The van der Waals surface area contributed by atoms with Crippen molar-refractivity contribution in [2.45, 2.75) is 19.4 Å². The Kier molecular flexibility index (Phi) is 3.99. The Labute approximate surface area is 142 Å². The van der Waals surface area contributed by atoms with Crippen molar-refractivity contribution in [1.29, 1.82) is 0 Å². The van der Waals surface area contributed by atoms with Crippen molar-refractivity contribution >= 4 is 24.5 Å². The first-order chi connectivity index (χ1) is 11.3. The molecule has 0 aliphatic carbocycles. The van der Waals surface area contributed by atoms with Gasteiger partial charge >= 0.3 is 5.97 Å². The summed E-state index contributed by atoms with van der Waals surface area (Å²) in [6, 6.07) is 7.63. The van der Waals surface area contributed by atoms with Gasteiger partial charge in [-0.15, -0.1) is 0 Å². The van der Waals surface area contributed by atoms with Gasteiger partial charge in [0.05, 0.1) is 32.5 Å². The summed E-state index contributed by atoms with van der Waals surface area (Å²) >= 11 is 0. The summed E-state index contributed by atoms with van der Waals surface area (Å²) in [5.74, 6) is 0.433. The molecule has 0 saturated heterocycles. The maximum atomic E-state index is 12.6. The number of nitrogens with zero attached hydrogens (tertiary/aromatic N) is 2. The number of rotatable bonds is 4. The molecule has 1 aliphatic rings. The topological polar surface area (TPSA) is 44.3 Å². The Hall–Kier alpha value is -2.50. The van der Waals surface area contributed by atoms with Crippen LogP contribution in [0.4, 0.5) is 0 Å². The highest BCUT2D eigenvalue weighted by atomic mass is 16.6. The number of aryl methyl sites for hydroxylation is 2. The van der Waals surface area contributed by atoms with Gasteiger partial charge in [0.15, 0.2) is 0 Å². The largest absolute Gasteiger partial charge is 0.496 e. The molecule has 0 amide bonds. The molecule has 1 aromatic carbocycles. The van der Waals surface area contributed by atoms with Gasteiger partial charge in [-0.25, -0.2) is 4.79 Å². The van der Waals surface area contributed by atoms with Crippen molar-refractivity contribution in [3.05, 3.63) is 47.7 Å². The molecule has 0 radical (unpaired) electrons. The van der Waals surface area contributed by atoms with E-state index >= 15 is 0 Å². The number of aromatic nitrogens is 2. The first kappa shape index (κ1) is 16.4. The molecule has 2 aromatic rings. The minimum Gasteiger partial charge on any atom is -0.496 e. The number of carbonyl (C=O) groups is 1. The van der Waals surface area contributed by atoms with Gasteiger partial charge in [0.25, 0.3) is 0 Å². The van der Waals surface area contributed by atoms with Crippen molar-refractivity contribution in [3.8, 4) is 5.75 Å². The summed E-state index contributed by atoms with van der Waals surface area (Å²) in [5, 5.41) is 0. The van der Waals surface area contributed by atoms with Crippen molar-refractivity contribution < 1.29 is 18.8 Å². The molecule has 3 rings (SSSR count). The van der Waals surface area contributed by atoms with Crippen LogP contribution in [0.5, 0.6) is 5.75 Å². The molecular weight excluding hydrogens is 303 g/mol. The van der Waals surface area contributed by atoms with Gasteiger partial charge in [0.2, 0.25) is 0 Å². The summed E-state index contributed by atoms with van der Waals surface area (Å²) in [6.07, 6.45) is 4.07. The summed E-state index contributed by atoms with van der Waals surface area (Å²) < 4.78 is 15.4. The average Bonchev–Trinajstić information content (AvgIpc) is 2.97. The quantitative estimate of drug-likeness (QED) is 0.464. The zero-order chi connectivity index (χ0) is 17.5. The lowest BCUT2D eigenvalue weighted by Gasteiger charge is -2.25. The van der Waals surface area contributed by atoms with Gasteiger partial charge in [-0.1, -0.05) is 18.2 Å². The van der Waals surface area contributed by atoms with Gasteiger partial charge in [0.1, 0.15) is 25.4 Å². The zero-order valence-electron chi connectivity index (χ0n) is 15.1. The first-order valence-electron chi connectivity index (χ1n) is 8.24. The molecular formula is C18H23BN2O3. The highest BCUT2D eigenvalue weighted by molar-refractivity contribution is 6.62. The normalized spacial score (nSPS) is 16.5. The summed E-state index contributed by atoms with van der Waals surface area (Å²) in [4.78, 5) is 12.6. The summed E-state index contributed by atoms with van der Waals surface area (Å²) in [5.41, 5.74) is 3.20. The number of cyclic esters (lactones) is 1. The number of ether oxygens (including phenoxy) is 2. The van der Waals surface area contributed by atoms with E-state index in [1.54, 1.807) is 7.11 Å². The van der Waals surface area contributed by atoms with Crippen LogP contribution >= 0.6 is 0 Å². The minimum atomic E-state index is -0.744. The van der Waals surface area contributed by atoms with E-state index < -0.39 is 12.9 Å². The predicted molar refractivity (Wildman–Crippen MR) is 94.9 cm³/mol. The van der Waals surface area contributed by atoms with Crippen LogP contribution in [-0.4, -0.2) is 30.5 Å². The molecule has 126 valence electrons. The van der Waals surface area contributed by atoms with Gasteiger partial charge < -0.3 is 9.47 Å². The predicted octanol–water partition coefficient (Wildman–Crippen LogP) is 0.399. The van der Waals surface area contributed by atoms with Crippen molar-refractivity contribution in [2.24, 2.45) is 14.1 Å². The highest BCUT2D eigenvalue weighted by Gasteiger charge is 2.38. The summed E-state index contributed by atoms with van der Waals surface area (Å²) in [6.45, 7) is 3.93. The monoisotopic (exact) mass is 326 g/mol. The molecule has 6 heteroatoms. The highest BCUT2D eigenvalue weighted by Crippen LogP contribution is 2.39. The molecule has 0 saturated carbocycles. The van der Waals surface area contributed by atoms with Crippen molar-refractivity contribution in [3.63, 3.8) is 0 Å². The van der Waals surface area contributed by atoms with Crippen molar-refractivity contribution in [1.82, 2.24) is 4.57 Å². The lowest BCUT2D eigenvalue weighted by molar-refractivity contribution is -0.652. The van der Waals surface area contributed by atoms with E-state index in [-0.39, 0.29) is 5.97 Å². The van der Waals surface area contributed by atoms with E-state index in [1.807, 2.05) is 64.6 Å². The molecule has 0 atom stereocenters. The molecule has 2 heterocycles. The van der Waals surface area contributed by atoms with E-state index in [0.717, 1.165) is 11.0 Å². The van der Waals surface area contributed by atoms with Crippen LogP contribution in [0.15, 0.2) is 42.1 Å². The molecule has 1 aliphatic heterocycles. The lowest BCUT2D eigenvalue weighted by Crippen LogP contribution is -2.51. The fourth-order valence-electron chi connectivity index (χ4n) is 3.64. The number of imidazole rings is 1. The molecule has 0 N–H and O–H groups in total. The van der Waals surface area contributed by atoms with E-state index in [2.05, 4.69) is 9.13 Å². The molecule has 0 bridgehead atoms. The average molecular weight is 326 g/mol. The van der Waals surface area contributed by atoms with Gasteiger partial charge in [-0.3, -0.25) is 9.13 Å². The third-order valence-corrected chi connectivity index (χ3v) is 5.21. The zero-order valence-corrected chi connectivity index (χ0v) is 15.1. The second kappa shape index (κ2) is 5.85. The minimum absolute atomic E-state index is 0.264. The number of carbonyl (C=O) groups excluding carboxylic acids is 1. The van der Waals surface area contributed by atoms with E-state index in [9.17, 15) is 4.79 Å². The maximum Gasteiger partial charge on any atom is 0.336 e. The van der Waals surface area contributed by atoms with E-state index in [4.69, 9.17) is 9.47 Å². The smallest absolute Gasteiger partial charge is 0.336 e. The van der Waals surface area contributed by atoms with Gasteiger partial charge in [0, 0.05) is 11.1 Å². The maximum absolute atomic E-state index is 12.6. The SMILES string of the molecule is COc1ccccc1C1=C([BH2-]c2n(C)cc[n+]2C)C(C)(C)OC1=O. The molecule has 0 fully saturated rings. The van der Waals surface area contributed by atoms with Crippen LogP contribution in [0, 0.1) is 0 Å². The molecule has 0 unspecified atom stereocenters. The fraction of sp³-hybridized carbons (Fsp3) is 0.333. The lowest BCUT2D eigenvalue weighted by atomic mass is 9.60. The fourth-order valence-corrected chi connectivity index (χ4v) is 3.64. The van der Waals surface area contributed by atoms with E-state index in [1.165, 1.54) is 5.72 Å². The Balaban J connectivity index is 2.19. The number of hydrogen-bond donors (Lipinski definition) is 0. The third kappa shape index (κ3) is 2.62. The third-order valence-electron chi connectivity index (χ3n) is 5.21.